The van der Waals surface area contributed by atoms with Crippen molar-refractivity contribution in [1.29, 1.82) is 0 Å². The summed E-state index contributed by atoms with van der Waals surface area (Å²) in [6.07, 6.45) is 4.48. The zero-order valence-corrected chi connectivity index (χ0v) is 13.0. The van der Waals surface area contributed by atoms with Crippen molar-refractivity contribution in [3.63, 3.8) is 0 Å². The van der Waals surface area contributed by atoms with E-state index in [-0.39, 0.29) is 12.3 Å². The molecule has 2 aromatic rings. The van der Waals surface area contributed by atoms with Crippen molar-refractivity contribution < 1.29 is 14.7 Å². The van der Waals surface area contributed by atoms with Gasteiger partial charge in [-0.25, -0.2) is 0 Å². The molecular formula is C19H21NO3. The van der Waals surface area contributed by atoms with Crippen LogP contribution in [0.3, 0.4) is 0 Å². The van der Waals surface area contributed by atoms with Gasteiger partial charge >= 0.3 is 5.97 Å². The molecule has 4 heteroatoms. The zero-order chi connectivity index (χ0) is 16.3. The van der Waals surface area contributed by atoms with Crippen LogP contribution in [0.1, 0.15) is 48.9 Å². The number of hydrogen-bond donors (Lipinski definition) is 2. The summed E-state index contributed by atoms with van der Waals surface area (Å²) in [6.45, 7) is 0. The summed E-state index contributed by atoms with van der Waals surface area (Å²) in [6, 6.07) is 13.4. The van der Waals surface area contributed by atoms with Gasteiger partial charge in [0.2, 0.25) is 0 Å². The average Bonchev–Trinajstić information content (AvgIpc) is 2.54. The third-order valence-corrected chi connectivity index (χ3v) is 4.71. The van der Waals surface area contributed by atoms with Crippen LogP contribution >= 0.6 is 0 Å². The van der Waals surface area contributed by atoms with Gasteiger partial charge in [0, 0.05) is 5.56 Å². The average molecular weight is 311 g/mol. The normalized spacial score (nSPS) is 16.9. The predicted octanol–water partition coefficient (Wildman–Crippen LogP) is 3.75. The Labute approximate surface area is 135 Å². The quantitative estimate of drug-likeness (QED) is 0.903. The zero-order valence-electron chi connectivity index (χ0n) is 13.0. The van der Waals surface area contributed by atoms with Crippen LogP contribution in [0.5, 0.6) is 0 Å². The molecule has 0 saturated heterocycles. The molecule has 0 aromatic heterocycles. The van der Waals surface area contributed by atoms with Gasteiger partial charge in [0.1, 0.15) is 0 Å². The minimum absolute atomic E-state index is 0.0104. The number of hydrogen-bond acceptors (Lipinski definition) is 2. The van der Waals surface area contributed by atoms with Gasteiger partial charge in [-0.1, -0.05) is 55.7 Å². The van der Waals surface area contributed by atoms with Gasteiger partial charge in [-0.15, -0.1) is 0 Å². The molecule has 23 heavy (non-hydrogen) atoms. The lowest BCUT2D eigenvalue weighted by molar-refractivity contribution is -0.139. The Bertz CT molecular complexity index is 727. The van der Waals surface area contributed by atoms with Crippen molar-refractivity contribution in [2.75, 3.05) is 0 Å². The largest absolute Gasteiger partial charge is 0.481 e. The van der Waals surface area contributed by atoms with E-state index in [1.807, 2.05) is 36.4 Å². The molecule has 1 aliphatic rings. The van der Waals surface area contributed by atoms with Gasteiger partial charge in [-0.05, 0) is 29.7 Å². The fraction of sp³-hybridized carbons (Fsp3) is 0.368. The second-order valence-electron chi connectivity index (χ2n) is 6.39. The summed E-state index contributed by atoms with van der Waals surface area (Å²) >= 11 is 0. The Morgan fingerprint density at radius 1 is 1.00 bits per heavy atom. The van der Waals surface area contributed by atoms with E-state index < -0.39 is 11.5 Å². The summed E-state index contributed by atoms with van der Waals surface area (Å²) in [5.74, 6) is -1.03. The molecule has 0 unspecified atom stereocenters. The maximum Gasteiger partial charge on any atom is 0.305 e. The first-order valence-electron chi connectivity index (χ1n) is 8.12. The topological polar surface area (TPSA) is 66.4 Å². The van der Waals surface area contributed by atoms with E-state index in [9.17, 15) is 14.7 Å². The SMILES string of the molecule is O=C(O)CC1(NC(=O)c2cccc3ccccc23)CCCCC1. The first-order chi connectivity index (χ1) is 11.1. The molecule has 1 fully saturated rings. The Morgan fingerprint density at radius 2 is 1.70 bits per heavy atom. The molecule has 0 radical (unpaired) electrons. The predicted molar refractivity (Wildman–Crippen MR) is 89.5 cm³/mol. The summed E-state index contributed by atoms with van der Waals surface area (Å²) < 4.78 is 0. The summed E-state index contributed by atoms with van der Waals surface area (Å²) in [5, 5.41) is 14.2. The van der Waals surface area contributed by atoms with Crippen molar-refractivity contribution in [1.82, 2.24) is 5.32 Å². The number of carboxylic acids is 1. The van der Waals surface area contributed by atoms with Crippen molar-refractivity contribution in [3.05, 3.63) is 48.0 Å². The third kappa shape index (κ3) is 3.36. The number of carbonyl (C=O) groups excluding carboxylic acids is 1. The molecule has 3 rings (SSSR count). The van der Waals surface area contributed by atoms with Crippen LogP contribution in [0.25, 0.3) is 10.8 Å². The van der Waals surface area contributed by atoms with Crippen LogP contribution in [0, 0.1) is 0 Å². The highest BCUT2D eigenvalue weighted by atomic mass is 16.4. The number of carboxylic acid groups (broad SMARTS) is 1. The Hall–Kier alpha value is -2.36. The van der Waals surface area contributed by atoms with Gasteiger partial charge in [-0.2, -0.15) is 0 Å². The lowest BCUT2D eigenvalue weighted by Gasteiger charge is -2.37. The van der Waals surface area contributed by atoms with E-state index in [0.29, 0.717) is 5.56 Å². The van der Waals surface area contributed by atoms with Crippen molar-refractivity contribution >= 4 is 22.6 Å². The van der Waals surface area contributed by atoms with Crippen LogP contribution < -0.4 is 5.32 Å². The van der Waals surface area contributed by atoms with Crippen LogP contribution in [0.4, 0.5) is 0 Å². The summed E-state index contributed by atoms with van der Waals surface area (Å²) in [7, 11) is 0. The molecule has 4 nitrogen and oxygen atoms in total. The number of amides is 1. The lowest BCUT2D eigenvalue weighted by atomic mass is 9.79. The van der Waals surface area contributed by atoms with Crippen molar-refractivity contribution in [3.8, 4) is 0 Å². The highest BCUT2D eigenvalue weighted by Gasteiger charge is 2.36. The van der Waals surface area contributed by atoms with Crippen molar-refractivity contribution in [2.24, 2.45) is 0 Å². The Balaban J connectivity index is 1.90. The van der Waals surface area contributed by atoms with Crippen LogP contribution in [0.2, 0.25) is 0 Å². The molecule has 1 amide bonds. The molecule has 0 bridgehead atoms. The Morgan fingerprint density at radius 3 is 2.43 bits per heavy atom. The minimum Gasteiger partial charge on any atom is -0.481 e. The third-order valence-electron chi connectivity index (χ3n) is 4.71. The van der Waals surface area contributed by atoms with E-state index in [1.165, 1.54) is 0 Å². The molecule has 0 atom stereocenters. The number of nitrogens with one attached hydrogen (secondary N) is 1. The van der Waals surface area contributed by atoms with E-state index in [1.54, 1.807) is 6.07 Å². The number of aliphatic carboxylic acids is 1. The number of carbonyl (C=O) groups is 2. The molecule has 2 aromatic carbocycles. The van der Waals surface area contributed by atoms with E-state index >= 15 is 0 Å². The van der Waals surface area contributed by atoms with Crippen LogP contribution in [-0.2, 0) is 4.79 Å². The van der Waals surface area contributed by atoms with Crippen molar-refractivity contribution in [2.45, 2.75) is 44.1 Å². The highest BCUT2D eigenvalue weighted by molar-refractivity contribution is 6.07. The standard InChI is InChI=1S/C19H21NO3/c21-17(22)13-19(11-4-1-5-12-19)20-18(23)16-10-6-8-14-7-2-3-9-15(14)16/h2-3,6-10H,1,4-5,11-13H2,(H,20,23)(H,21,22). The molecular weight excluding hydrogens is 290 g/mol. The maximum absolute atomic E-state index is 12.8. The molecule has 120 valence electrons. The molecule has 0 heterocycles. The number of fused-ring (bicyclic) bond motifs is 1. The second-order valence-corrected chi connectivity index (χ2v) is 6.39. The monoisotopic (exact) mass is 311 g/mol. The van der Waals surface area contributed by atoms with E-state index in [4.69, 9.17) is 0 Å². The molecule has 1 aliphatic carbocycles. The summed E-state index contributed by atoms with van der Waals surface area (Å²) in [5.41, 5.74) is -0.00332. The fourth-order valence-corrected chi connectivity index (χ4v) is 3.60. The van der Waals surface area contributed by atoms with Gasteiger partial charge in [-0.3, -0.25) is 9.59 Å². The smallest absolute Gasteiger partial charge is 0.305 e. The van der Waals surface area contributed by atoms with E-state index in [0.717, 1.165) is 42.9 Å². The van der Waals surface area contributed by atoms with Gasteiger partial charge < -0.3 is 10.4 Å². The molecule has 0 aliphatic heterocycles. The maximum atomic E-state index is 12.8. The molecule has 0 spiro atoms. The fourth-order valence-electron chi connectivity index (χ4n) is 3.60. The molecule has 2 N–H and O–H groups in total. The highest BCUT2D eigenvalue weighted by Crippen LogP contribution is 2.32. The summed E-state index contributed by atoms with van der Waals surface area (Å²) in [4.78, 5) is 24.1. The van der Waals surface area contributed by atoms with Crippen LogP contribution in [0.15, 0.2) is 42.5 Å². The second kappa shape index (κ2) is 6.41. The first-order valence-corrected chi connectivity index (χ1v) is 8.12. The van der Waals surface area contributed by atoms with Gasteiger partial charge in [0.05, 0.1) is 12.0 Å². The Kier molecular flexibility index (Phi) is 4.33. The van der Waals surface area contributed by atoms with Crippen LogP contribution in [-0.4, -0.2) is 22.5 Å². The van der Waals surface area contributed by atoms with E-state index in [2.05, 4.69) is 5.32 Å². The number of benzene rings is 2. The number of rotatable bonds is 4. The lowest BCUT2D eigenvalue weighted by Crippen LogP contribution is -2.51. The van der Waals surface area contributed by atoms with Gasteiger partial charge in [0.15, 0.2) is 0 Å². The minimum atomic E-state index is -0.856. The molecule has 1 saturated carbocycles. The van der Waals surface area contributed by atoms with Gasteiger partial charge in [0.25, 0.3) is 5.91 Å². The first kappa shape index (κ1) is 15.5.